The first-order valence-electron chi connectivity index (χ1n) is 9.65. The lowest BCUT2D eigenvalue weighted by atomic mass is 10.1. The summed E-state index contributed by atoms with van der Waals surface area (Å²) in [5, 5.41) is 0.0457. The molecule has 1 aliphatic rings. The Morgan fingerprint density at radius 2 is 1.71 bits per heavy atom. The van der Waals surface area contributed by atoms with Gasteiger partial charge in [0.1, 0.15) is 5.82 Å². The van der Waals surface area contributed by atoms with Gasteiger partial charge in [-0.2, -0.15) is 0 Å². The number of nitrogens with zero attached hydrogens (tertiary/aromatic N) is 1. The molecule has 1 saturated heterocycles. The molecule has 0 N–H and O–H groups in total. The first-order chi connectivity index (χ1) is 16.3. The van der Waals surface area contributed by atoms with E-state index in [1.807, 2.05) is 0 Å². The van der Waals surface area contributed by atoms with Crippen molar-refractivity contribution in [1.82, 2.24) is 0 Å². The van der Waals surface area contributed by atoms with Gasteiger partial charge in [0, 0.05) is 0 Å². The summed E-state index contributed by atoms with van der Waals surface area (Å²) in [6.07, 6.45) is 1.52. The van der Waals surface area contributed by atoms with E-state index >= 15 is 0 Å². The van der Waals surface area contributed by atoms with Gasteiger partial charge in [-0.05, 0) is 78.0 Å². The van der Waals surface area contributed by atoms with Gasteiger partial charge in [0.05, 0.1) is 33.3 Å². The van der Waals surface area contributed by atoms with Crippen molar-refractivity contribution in [2.24, 2.45) is 0 Å². The molecule has 0 atom stereocenters. The third kappa shape index (κ3) is 4.94. The smallest absolute Gasteiger partial charge is 0.343 e. The van der Waals surface area contributed by atoms with Gasteiger partial charge in [0.2, 0.25) is 0 Å². The molecule has 10 heteroatoms. The Kier molecular flexibility index (Phi) is 6.92. The zero-order valence-electron chi connectivity index (χ0n) is 17.4. The van der Waals surface area contributed by atoms with Crippen molar-refractivity contribution in [2.75, 3.05) is 12.0 Å². The Labute approximate surface area is 207 Å². The monoisotopic (exact) mass is 517 g/mol. The van der Waals surface area contributed by atoms with Crippen LogP contribution in [0.1, 0.15) is 15.9 Å². The molecule has 2 amide bonds. The molecule has 0 spiro atoms. The van der Waals surface area contributed by atoms with Crippen molar-refractivity contribution in [2.45, 2.75) is 0 Å². The molecule has 0 bridgehead atoms. The maximum atomic E-state index is 13.1. The van der Waals surface area contributed by atoms with E-state index in [9.17, 15) is 18.8 Å². The molecule has 0 saturated carbocycles. The summed E-state index contributed by atoms with van der Waals surface area (Å²) in [5.41, 5.74) is 1.02. The highest BCUT2D eigenvalue weighted by Gasteiger charge is 2.36. The van der Waals surface area contributed by atoms with Crippen LogP contribution in [0.4, 0.5) is 14.9 Å². The zero-order chi connectivity index (χ0) is 24.4. The number of rotatable bonds is 5. The number of imide groups is 1. The SMILES string of the molecule is COc1cc(/C=C2\SC(=O)N(c3ccc(Cl)c(Cl)c3)C2=O)ccc1OC(=O)c1ccc(F)cc1. The Morgan fingerprint density at radius 1 is 0.971 bits per heavy atom. The van der Waals surface area contributed by atoms with Gasteiger partial charge in [0.15, 0.2) is 11.5 Å². The molecule has 0 aliphatic carbocycles. The van der Waals surface area contributed by atoms with Crippen molar-refractivity contribution in [1.29, 1.82) is 0 Å². The van der Waals surface area contributed by atoms with Crippen LogP contribution in [0.25, 0.3) is 6.08 Å². The minimum absolute atomic E-state index is 0.137. The quantitative estimate of drug-likeness (QED) is 0.215. The van der Waals surface area contributed by atoms with Gasteiger partial charge in [-0.15, -0.1) is 0 Å². The highest BCUT2D eigenvalue weighted by atomic mass is 35.5. The van der Waals surface area contributed by atoms with Gasteiger partial charge in [-0.3, -0.25) is 9.59 Å². The molecule has 3 aromatic rings. The van der Waals surface area contributed by atoms with Gasteiger partial charge in [-0.25, -0.2) is 14.1 Å². The average Bonchev–Trinajstić information content (AvgIpc) is 3.09. The lowest BCUT2D eigenvalue weighted by molar-refractivity contribution is -0.113. The van der Waals surface area contributed by atoms with Crippen LogP contribution in [0, 0.1) is 5.82 Å². The molecule has 0 unspecified atom stereocenters. The van der Waals surface area contributed by atoms with Crippen LogP contribution in [-0.4, -0.2) is 24.2 Å². The first-order valence-corrected chi connectivity index (χ1v) is 11.2. The van der Waals surface area contributed by atoms with Crippen molar-refractivity contribution < 1.29 is 28.2 Å². The van der Waals surface area contributed by atoms with Crippen LogP contribution < -0.4 is 14.4 Å². The fraction of sp³-hybridized carbons (Fsp3) is 0.0417. The molecule has 6 nitrogen and oxygen atoms in total. The Hall–Kier alpha value is -3.33. The number of carbonyl (C=O) groups excluding carboxylic acids is 3. The molecule has 1 fully saturated rings. The summed E-state index contributed by atoms with van der Waals surface area (Å²) < 4.78 is 23.7. The largest absolute Gasteiger partial charge is 0.493 e. The molecule has 4 rings (SSSR count). The lowest BCUT2D eigenvalue weighted by Crippen LogP contribution is -2.27. The van der Waals surface area contributed by atoms with E-state index in [0.29, 0.717) is 16.3 Å². The van der Waals surface area contributed by atoms with E-state index in [-0.39, 0.29) is 27.0 Å². The van der Waals surface area contributed by atoms with E-state index in [1.165, 1.54) is 49.6 Å². The minimum atomic E-state index is -0.686. The number of carbonyl (C=O) groups is 3. The van der Waals surface area contributed by atoms with Crippen LogP contribution in [0.5, 0.6) is 11.5 Å². The average molecular weight is 518 g/mol. The number of methoxy groups -OCH3 is 1. The number of thioether (sulfide) groups is 1. The lowest BCUT2D eigenvalue weighted by Gasteiger charge is -2.13. The maximum Gasteiger partial charge on any atom is 0.343 e. The minimum Gasteiger partial charge on any atom is -0.493 e. The van der Waals surface area contributed by atoms with Crippen molar-refractivity contribution in [3.8, 4) is 11.5 Å². The molecule has 34 heavy (non-hydrogen) atoms. The van der Waals surface area contributed by atoms with E-state index in [4.69, 9.17) is 32.7 Å². The number of halogens is 3. The summed E-state index contributed by atoms with van der Waals surface area (Å²) in [5.74, 6) is -1.30. The maximum absolute atomic E-state index is 13.1. The first kappa shape index (κ1) is 23.8. The van der Waals surface area contributed by atoms with E-state index in [0.717, 1.165) is 28.8 Å². The van der Waals surface area contributed by atoms with Gasteiger partial charge < -0.3 is 9.47 Å². The number of anilines is 1. The second-order valence-corrected chi connectivity index (χ2v) is 8.73. The number of benzene rings is 3. The summed E-state index contributed by atoms with van der Waals surface area (Å²) >= 11 is 12.7. The normalized spacial score (nSPS) is 14.6. The standard InChI is InChI=1S/C24H14Cl2FNO5S/c1-32-20-10-13(2-9-19(20)33-23(30)14-3-5-15(27)6-4-14)11-21-22(29)28(24(31)34-21)16-7-8-17(25)18(26)12-16/h2-12H,1H3/b21-11-. The number of hydrogen-bond acceptors (Lipinski definition) is 6. The van der Waals surface area contributed by atoms with Crippen molar-refractivity contribution in [3.05, 3.63) is 92.6 Å². The molecular formula is C24H14Cl2FNO5S. The van der Waals surface area contributed by atoms with Crippen LogP contribution >= 0.6 is 35.0 Å². The zero-order valence-corrected chi connectivity index (χ0v) is 19.7. The third-order valence-electron chi connectivity index (χ3n) is 4.72. The molecule has 1 heterocycles. The summed E-state index contributed by atoms with van der Waals surface area (Å²) in [7, 11) is 1.40. The van der Waals surface area contributed by atoms with Crippen LogP contribution in [0.2, 0.25) is 10.0 Å². The van der Waals surface area contributed by atoms with Crippen LogP contribution in [0.15, 0.2) is 65.6 Å². The number of esters is 1. The van der Waals surface area contributed by atoms with Gasteiger partial charge >= 0.3 is 5.97 Å². The number of ether oxygens (including phenoxy) is 2. The molecule has 0 aromatic heterocycles. The number of hydrogen-bond donors (Lipinski definition) is 0. The molecule has 1 aliphatic heterocycles. The molecule has 0 radical (unpaired) electrons. The molecular weight excluding hydrogens is 504 g/mol. The predicted molar refractivity (Wildman–Crippen MR) is 129 cm³/mol. The Balaban J connectivity index is 1.56. The van der Waals surface area contributed by atoms with E-state index in [1.54, 1.807) is 12.1 Å². The highest BCUT2D eigenvalue weighted by Crippen LogP contribution is 2.38. The summed E-state index contributed by atoms with van der Waals surface area (Å²) in [6, 6.07) is 14.0. The van der Waals surface area contributed by atoms with Crippen molar-refractivity contribution >= 4 is 63.8 Å². The van der Waals surface area contributed by atoms with Crippen molar-refractivity contribution in [3.63, 3.8) is 0 Å². The van der Waals surface area contributed by atoms with Crippen LogP contribution in [-0.2, 0) is 4.79 Å². The van der Waals surface area contributed by atoms with E-state index < -0.39 is 22.9 Å². The highest BCUT2D eigenvalue weighted by molar-refractivity contribution is 8.19. The van der Waals surface area contributed by atoms with Gasteiger partial charge in [-0.1, -0.05) is 29.3 Å². The second kappa shape index (κ2) is 9.89. The van der Waals surface area contributed by atoms with E-state index in [2.05, 4.69) is 0 Å². The summed E-state index contributed by atoms with van der Waals surface area (Å²) in [6.45, 7) is 0. The molecule has 3 aromatic carbocycles. The fourth-order valence-electron chi connectivity index (χ4n) is 3.07. The van der Waals surface area contributed by atoms with Crippen LogP contribution in [0.3, 0.4) is 0 Å². The summed E-state index contributed by atoms with van der Waals surface area (Å²) in [4.78, 5) is 38.9. The fourth-order valence-corrected chi connectivity index (χ4v) is 4.20. The predicted octanol–water partition coefficient (Wildman–Crippen LogP) is 6.60. The molecule has 172 valence electrons. The number of amides is 2. The second-order valence-electron chi connectivity index (χ2n) is 6.92. The Bertz CT molecular complexity index is 1340. The third-order valence-corrected chi connectivity index (χ3v) is 6.33. The van der Waals surface area contributed by atoms with Gasteiger partial charge in [0.25, 0.3) is 11.1 Å². The topological polar surface area (TPSA) is 72.9 Å². The Morgan fingerprint density at radius 3 is 2.38 bits per heavy atom.